The maximum absolute atomic E-state index is 6.16. The van der Waals surface area contributed by atoms with Crippen LogP contribution < -0.4 is 5.73 Å². The zero-order chi connectivity index (χ0) is 11.5. The molecule has 2 aromatic heterocycles. The van der Waals surface area contributed by atoms with E-state index < -0.39 is 0 Å². The van der Waals surface area contributed by atoms with E-state index in [1.807, 2.05) is 36.9 Å². The number of rotatable bonds is 3. The molecule has 2 heterocycles. The maximum Gasteiger partial charge on any atom is 0.0597 e. The molecule has 0 radical (unpaired) electrons. The van der Waals surface area contributed by atoms with E-state index in [4.69, 9.17) is 5.73 Å². The fourth-order valence-electron chi connectivity index (χ4n) is 1.86. The summed E-state index contributed by atoms with van der Waals surface area (Å²) in [4.78, 5) is 3.99. The Hall–Kier alpha value is -1.68. The van der Waals surface area contributed by atoms with Gasteiger partial charge < -0.3 is 5.73 Å². The molecular formula is C12H16N4. The third kappa shape index (κ3) is 2.28. The highest BCUT2D eigenvalue weighted by atomic mass is 15.3. The van der Waals surface area contributed by atoms with Crippen molar-refractivity contribution < 1.29 is 0 Å². The number of hydrogen-bond acceptors (Lipinski definition) is 3. The second-order valence-corrected chi connectivity index (χ2v) is 4.00. The first-order valence-corrected chi connectivity index (χ1v) is 5.32. The lowest BCUT2D eigenvalue weighted by molar-refractivity contribution is 0.615. The molecule has 0 aliphatic rings. The molecule has 0 saturated heterocycles. The van der Waals surface area contributed by atoms with E-state index in [1.165, 1.54) is 5.56 Å². The molecule has 0 bridgehead atoms. The number of nitrogens with zero attached hydrogens (tertiary/aromatic N) is 3. The highest BCUT2D eigenvalue weighted by molar-refractivity contribution is 5.18. The summed E-state index contributed by atoms with van der Waals surface area (Å²) in [5.74, 6) is 0. The van der Waals surface area contributed by atoms with Crippen molar-refractivity contribution in [3.63, 3.8) is 0 Å². The number of pyridine rings is 1. The Labute approximate surface area is 95.1 Å². The van der Waals surface area contributed by atoms with Crippen LogP contribution in [0.15, 0.2) is 30.6 Å². The van der Waals surface area contributed by atoms with Gasteiger partial charge >= 0.3 is 0 Å². The Morgan fingerprint density at radius 3 is 2.62 bits per heavy atom. The summed E-state index contributed by atoms with van der Waals surface area (Å²) >= 11 is 0. The van der Waals surface area contributed by atoms with E-state index in [1.54, 1.807) is 12.4 Å². The molecule has 0 fully saturated rings. The van der Waals surface area contributed by atoms with Crippen LogP contribution in [0, 0.1) is 6.92 Å². The summed E-state index contributed by atoms with van der Waals surface area (Å²) < 4.78 is 1.85. The molecule has 0 aromatic carbocycles. The van der Waals surface area contributed by atoms with Crippen molar-refractivity contribution in [1.82, 2.24) is 14.8 Å². The van der Waals surface area contributed by atoms with Gasteiger partial charge in [-0.3, -0.25) is 9.67 Å². The number of hydrogen-bond donors (Lipinski definition) is 1. The number of aromatic nitrogens is 3. The zero-order valence-corrected chi connectivity index (χ0v) is 9.59. The standard InChI is InChI=1S/C12H16N4/c1-9-7-12(16(2)15-9)11(13)8-10-3-5-14-6-4-10/h3-7,11H,8,13H2,1-2H3. The van der Waals surface area contributed by atoms with E-state index in [0.29, 0.717) is 0 Å². The lowest BCUT2D eigenvalue weighted by atomic mass is 10.1. The summed E-state index contributed by atoms with van der Waals surface area (Å²) in [7, 11) is 1.93. The van der Waals surface area contributed by atoms with E-state index in [-0.39, 0.29) is 6.04 Å². The van der Waals surface area contributed by atoms with Crippen molar-refractivity contribution in [2.24, 2.45) is 12.8 Å². The highest BCUT2D eigenvalue weighted by Gasteiger charge is 2.11. The molecule has 2 rings (SSSR count). The van der Waals surface area contributed by atoms with Gasteiger partial charge in [-0.25, -0.2) is 0 Å². The molecule has 0 aliphatic carbocycles. The lowest BCUT2D eigenvalue weighted by Gasteiger charge is -2.11. The molecular weight excluding hydrogens is 200 g/mol. The van der Waals surface area contributed by atoms with Gasteiger partial charge in [-0.15, -0.1) is 0 Å². The molecule has 0 amide bonds. The van der Waals surface area contributed by atoms with Crippen molar-refractivity contribution >= 4 is 0 Å². The van der Waals surface area contributed by atoms with Crippen molar-refractivity contribution in [2.45, 2.75) is 19.4 Å². The van der Waals surface area contributed by atoms with Crippen molar-refractivity contribution in [1.29, 1.82) is 0 Å². The predicted molar refractivity (Wildman–Crippen MR) is 62.8 cm³/mol. The fourth-order valence-corrected chi connectivity index (χ4v) is 1.86. The largest absolute Gasteiger partial charge is 0.322 e. The normalized spacial score (nSPS) is 12.7. The second-order valence-electron chi connectivity index (χ2n) is 4.00. The van der Waals surface area contributed by atoms with Gasteiger partial charge in [0, 0.05) is 19.4 Å². The molecule has 0 spiro atoms. The van der Waals surface area contributed by atoms with Crippen molar-refractivity contribution in [3.05, 3.63) is 47.5 Å². The number of aryl methyl sites for hydroxylation is 2. The fraction of sp³-hybridized carbons (Fsp3) is 0.333. The second kappa shape index (κ2) is 4.45. The van der Waals surface area contributed by atoms with Gasteiger partial charge in [-0.2, -0.15) is 5.10 Å². The highest BCUT2D eigenvalue weighted by Crippen LogP contribution is 2.15. The van der Waals surface area contributed by atoms with Crippen LogP contribution >= 0.6 is 0 Å². The minimum Gasteiger partial charge on any atom is -0.322 e. The molecule has 4 heteroatoms. The van der Waals surface area contributed by atoms with Crippen LogP contribution in [0.2, 0.25) is 0 Å². The SMILES string of the molecule is Cc1cc(C(N)Cc2ccncc2)n(C)n1. The van der Waals surface area contributed by atoms with Crippen molar-refractivity contribution in [3.8, 4) is 0 Å². The van der Waals surface area contributed by atoms with Gasteiger partial charge in [0.2, 0.25) is 0 Å². The van der Waals surface area contributed by atoms with Crippen LogP contribution in [0.4, 0.5) is 0 Å². The predicted octanol–water partition coefficient (Wildman–Crippen LogP) is 1.37. The number of nitrogens with two attached hydrogens (primary N) is 1. The van der Waals surface area contributed by atoms with E-state index in [0.717, 1.165) is 17.8 Å². The summed E-state index contributed by atoms with van der Waals surface area (Å²) in [6, 6.07) is 5.99. The first-order chi connectivity index (χ1) is 7.66. The third-order valence-corrected chi connectivity index (χ3v) is 2.62. The summed E-state index contributed by atoms with van der Waals surface area (Å²) in [5, 5.41) is 4.30. The molecule has 1 unspecified atom stereocenters. The topological polar surface area (TPSA) is 56.7 Å². The molecule has 84 valence electrons. The molecule has 0 aliphatic heterocycles. The molecule has 2 aromatic rings. The Bertz CT molecular complexity index is 461. The average Bonchev–Trinajstić information content (AvgIpc) is 2.59. The summed E-state index contributed by atoms with van der Waals surface area (Å²) in [5.41, 5.74) is 9.42. The lowest BCUT2D eigenvalue weighted by Crippen LogP contribution is -2.17. The van der Waals surface area contributed by atoms with Gasteiger partial charge in [-0.1, -0.05) is 0 Å². The minimum absolute atomic E-state index is 0.0198. The van der Waals surface area contributed by atoms with Crippen LogP contribution in [0.1, 0.15) is 23.0 Å². The van der Waals surface area contributed by atoms with Crippen LogP contribution in [0.25, 0.3) is 0 Å². The Balaban J connectivity index is 2.14. The summed E-state index contributed by atoms with van der Waals surface area (Å²) in [6.45, 7) is 1.97. The van der Waals surface area contributed by atoms with Crippen LogP contribution in [0.5, 0.6) is 0 Å². The third-order valence-electron chi connectivity index (χ3n) is 2.62. The maximum atomic E-state index is 6.16. The van der Waals surface area contributed by atoms with E-state index in [2.05, 4.69) is 10.1 Å². The van der Waals surface area contributed by atoms with Gasteiger partial charge in [0.15, 0.2) is 0 Å². The zero-order valence-electron chi connectivity index (χ0n) is 9.59. The van der Waals surface area contributed by atoms with Crippen molar-refractivity contribution in [2.75, 3.05) is 0 Å². The van der Waals surface area contributed by atoms with E-state index >= 15 is 0 Å². The van der Waals surface area contributed by atoms with E-state index in [9.17, 15) is 0 Å². The Morgan fingerprint density at radius 2 is 2.06 bits per heavy atom. The smallest absolute Gasteiger partial charge is 0.0597 e. The molecule has 4 nitrogen and oxygen atoms in total. The quantitative estimate of drug-likeness (QED) is 0.843. The Morgan fingerprint density at radius 1 is 1.38 bits per heavy atom. The van der Waals surface area contributed by atoms with Gasteiger partial charge in [0.05, 0.1) is 17.4 Å². The molecule has 0 saturated carbocycles. The van der Waals surface area contributed by atoms with Crippen LogP contribution in [0.3, 0.4) is 0 Å². The molecule has 2 N–H and O–H groups in total. The molecule has 16 heavy (non-hydrogen) atoms. The first-order valence-electron chi connectivity index (χ1n) is 5.32. The van der Waals surface area contributed by atoms with Gasteiger partial charge in [0.25, 0.3) is 0 Å². The average molecular weight is 216 g/mol. The van der Waals surface area contributed by atoms with Gasteiger partial charge in [0.1, 0.15) is 0 Å². The summed E-state index contributed by atoms with van der Waals surface area (Å²) in [6.07, 6.45) is 4.38. The first kappa shape index (κ1) is 10.8. The Kier molecular flexibility index (Phi) is 3.01. The van der Waals surface area contributed by atoms with Gasteiger partial charge in [-0.05, 0) is 37.1 Å². The minimum atomic E-state index is -0.0198. The monoisotopic (exact) mass is 216 g/mol. The van der Waals surface area contributed by atoms with Crippen LogP contribution in [-0.2, 0) is 13.5 Å². The molecule has 1 atom stereocenters. The van der Waals surface area contributed by atoms with Crippen LogP contribution in [-0.4, -0.2) is 14.8 Å².